The third-order valence-electron chi connectivity index (χ3n) is 4.82. The first-order chi connectivity index (χ1) is 13.8. The summed E-state index contributed by atoms with van der Waals surface area (Å²) < 4.78 is 19.3. The number of para-hydroxylation sites is 4. The van der Waals surface area contributed by atoms with E-state index in [1.165, 1.54) is 0 Å². The van der Waals surface area contributed by atoms with Crippen LogP contribution in [-0.2, 0) is 0 Å². The molecule has 6 rings (SSSR count). The van der Waals surface area contributed by atoms with E-state index in [4.69, 9.17) is 18.4 Å². The lowest BCUT2D eigenvalue weighted by atomic mass is 10.1. The van der Waals surface area contributed by atoms with Crippen molar-refractivity contribution in [1.29, 1.82) is 0 Å². The molecule has 1 aliphatic rings. The Morgan fingerprint density at radius 1 is 0.929 bits per heavy atom. The number of nitrogens with zero attached hydrogens (tertiary/aromatic N) is 2. The highest BCUT2D eigenvalue weighted by atomic mass is 16.7. The molecule has 0 amide bonds. The minimum absolute atomic E-state index is 0.465. The highest BCUT2D eigenvalue weighted by Crippen LogP contribution is 2.42. The van der Waals surface area contributed by atoms with E-state index in [0.29, 0.717) is 34.4 Å². The molecule has 0 fully saturated rings. The van der Waals surface area contributed by atoms with Gasteiger partial charge in [0.2, 0.25) is 11.5 Å². The summed E-state index contributed by atoms with van der Waals surface area (Å²) in [5.41, 5.74) is 7.51. The first kappa shape index (κ1) is 15.1. The van der Waals surface area contributed by atoms with Gasteiger partial charge in [0.1, 0.15) is 16.8 Å². The molecule has 2 aromatic heterocycles. The number of ether oxygens (including phenoxy) is 1. The van der Waals surface area contributed by atoms with Gasteiger partial charge in [-0.2, -0.15) is 0 Å². The molecular formula is C21H14N3O4+. The SMILES string of the molecule is COc1cc2c(cc1-c1nc3ccccc3o1)ON[n+]1c-2oc2ccccc21. The van der Waals surface area contributed by atoms with Gasteiger partial charge in [0.15, 0.2) is 11.3 Å². The monoisotopic (exact) mass is 372 g/mol. The Labute approximate surface area is 158 Å². The average molecular weight is 372 g/mol. The number of hydrogen-bond acceptors (Lipinski definition) is 6. The number of benzene rings is 3. The topological polar surface area (TPSA) is 73.5 Å². The van der Waals surface area contributed by atoms with Gasteiger partial charge in [-0.25, -0.2) is 4.98 Å². The Kier molecular flexibility index (Phi) is 2.96. The van der Waals surface area contributed by atoms with Gasteiger partial charge in [0.25, 0.3) is 5.52 Å². The lowest BCUT2D eigenvalue weighted by Crippen LogP contribution is -2.49. The number of aromatic nitrogens is 2. The van der Waals surface area contributed by atoms with E-state index in [9.17, 15) is 0 Å². The van der Waals surface area contributed by atoms with Gasteiger partial charge in [-0.15, -0.1) is 0 Å². The molecule has 7 heteroatoms. The van der Waals surface area contributed by atoms with Crippen LogP contribution in [0.25, 0.3) is 45.1 Å². The maximum atomic E-state index is 6.04. The maximum Gasteiger partial charge on any atom is 0.417 e. The molecule has 3 aromatic carbocycles. The molecule has 5 aromatic rings. The Balaban J connectivity index is 1.57. The Hall–Kier alpha value is -4.00. The van der Waals surface area contributed by atoms with Crippen molar-refractivity contribution in [2.24, 2.45) is 0 Å². The quantitative estimate of drug-likeness (QED) is 0.471. The second kappa shape index (κ2) is 5.50. The number of rotatable bonds is 2. The molecule has 0 bridgehead atoms. The van der Waals surface area contributed by atoms with Gasteiger partial charge in [0.05, 0.1) is 12.7 Å². The molecular weight excluding hydrogens is 358 g/mol. The highest BCUT2D eigenvalue weighted by Gasteiger charge is 2.34. The van der Waals surface area contributed by atoms with Crippen molar-refractivity contribution in [2.45, 2.75) is 0 Å². The molecule has 136 valence electrons. The van der Waals surface area contributed by atoms with Crippen LogP contribution < -0.4 is 19.8 Å². The van der Waals surface area contributed by atoms with E-state index < -0.39 is 0 Å². The van der Waals surface area contributed by atoms with Crippen LogP contribution >= 0.6 is 0 Å². The molecule has 0 spiro atoms. The number of methoxy groups -OCH3 is 1. The third-order valence-corrected chi connectivity index (χ3v) is 4.82. The largest absolute Gasteiger partial charge is 0.496 e. The number of hydrogen-bond donors (Lipinski definition) is 1. The second-order valence-electron chi connectivity index (χ2n) is 6.44. The summed E-state index contributed by atoms with van der Waals surface area (Å²) in [6.45, 7) is 0. The van der Waals surface area contributed by atoms with E-state index in [0.717, 1.165) is 22.2 Å². The van der Waals surface area contributed by atoms with Crippen molar-refractivity contribution >= 4 is 22.2 Å². The van der Waals surface area contributed by atoms with Crippen LogP contribution in [0.15, 0.2) is 69.5 Å². The van der Waals surface area contributed by atoms with Crippen molar-refractivity contribution in [3.63, 3.8) is 0 Å². The number of fused-ring (bicyclic) bond motifs is 6. The van der Waals surface area contributed by atoms with Crippen LogP contribution in [0.5, 0.6) is 11.5 Å². The highest BCUT2D eigenvalue weighted by molar-refractivity contribution is 5.81. The zero-order valence-electron chi connectivity index (χ0n) is 14.8. The Bertz CT molecular complexity index is 1320. The molecule has 1 aliphatic heterocycles. The van der Waals surface area contributed by atoms with Crippen LogP contribution in [0, 0.1) is 0 Å². The smallest absolute Gasteiger partial charge is 0.417 e. The Morgan fingerprint density at radius 3 is 2.61 bits per heavy atom. The van der Waals surface area contributed by atoms with Gasteiger partial charge in [-0.05, 0) is 28.5 Å². The van der Waals surface area contributed by atoms with Gasteiger partial charge >= 0.3 is 5.89 Å². The van der Waals surface area contributed by atoms with Crippen molar-refractivity contribution in [2.75, 3.05) is 12.7 Å². The second-order valence-corrected chi connectivity index (χ2v) is 6.44. The summed E-state index contributed by atoms with van der Waals surface area (Å²) in [6.07, 6.45) is 0. The van der Waals surface area contributed by atoms with E-state index in [-0.39, 0.29) is 0 Å². The minimum atomic E-state index is 0.465. The molecule has 1 N–H and O–H groups in total. The van der Waals surface area contributed by atoms with Crippen molar-refractivity contribution in [1.82, 2.24) is 4.98 Å². The number of oxazole rings is 2. The average Bonchev–Trinajstić information content (AvgIpc) is 3.34. The van der Waals surface area contributed by atoms with E-state index >= 15 is 0 Å². The molecule has 0 saturated heterocycles. The van der Waals surface area contributed by atoms with Crippen molar-refractivity contribution in [3.05, 3.63) is 60.7 Å². The Morgan fingerprint density at radius 2 is 1.75 bits per heavy atom. The van der Waals surface area contributed by atoms with E-state index in [1.807, 2.05) is 60.7 Å². The lowest BCUT2D eigenvalue weighted by molar-refractivity contribution is -0.644. The van der Waals surface area contributed by atoms with Crippen molar-refractivity contribution in [3.8, 4) is 34.4 Å². The molecule has 0 saturated carbocycles. The lowest BCUT2D eigenvalue weighted by Gasteiger charge is -2.14. The van der Waals surface area contributed by atoms with Gasteiger partial charge in [-0.1, -0.05) is 24.3 Å². The molecule has 0 aliphatic carbocycles. The minimum Gasteiger partial charge on any atom is -0.496 e. The zero-order valence-corrected chi connectivity index (χ0v) is 14.8. The van der Waals surface area contributed by atoms with Crippen LogP contribution in [0.1, 0.15) is 0 Å². The van der Waals surface area contributed by atoms with Gasteiger partial charge in [0, 0.05) is 18.2 Å². The van der Waals surface area contributed by atoms with E-state index in [1.54, 1.807) is 11.8 Å². The summed E-state index contributed by atoms with van der Waals surface area (Å²) in [4.78, 5) is 10.3. The van der Waals surface area contributed by atoms with Gasteiger partial charge in [-0.3, -0.25) is 0 Å². The molecule has 0 radical (unpaired) electrons. The first-order valence-electron chi connectivity index (χ1n) is 8.76. The normalized spacial score (nSPS) is 12.3. The van der Waals surface area contributed by atoms with Crippen LogP contribution in [-0.4, -0.2) is 12.1 Å². The summed E-state index contributed by atoms with van der Waals surface area (Å²) in [5.74, 6) is 2.30. The first-order valence-corrected chi connectivity index (χ1v) is 8.76. The van der Waals surface area contributed by atoms with Crippen LogP contribution in [0.2, 0.25) is 0 Å². The molecule has 28 heavy (non-hydrogen) atoms. The molecule has 0 atom stereocenters. The fraction of sp³-hybridized carbons (Fsp3) is 0.0476. The fourth-order valence-corrected chi connectivity index (χ4v) is 3.48. The van der Waals surface area contributed by atoms with Crippen LogP contribution in [0.3, 0.4) is 0 Å². The standard InChI is InChI=1S/C21H14N3O4/c1-25-18-11-13-19(10-12(18)20-22-14-6-2-4-8-16(14)26-20)28-23-24-15-7-3-5-9-17(15)27-21(13)24/h2-11,23H,1H3/q+1. The zero-order chi connectivity index (χ0) is 18.7. The number of nitrogens with one attached hydrogen (secondary N) is 1. The fourth-order valence-electron chi connectivity index (χ4n) is 3.48. The summed E-state index contributed by atoms with van der Waals surface area (Å²) in [6, 6.07) is 19.1. The van der Waals surface area contributed by atoms with Crippen LogP contribution in [0.4, 0.5) is 0 Å². The molecule has 3 heterocycles. The molecule has 7 nitrogen and oxygen atoms in total. The van der Waals surface area contributed by atoms with Crippen molar-refractivity contribution < 1.29 is 23.1 Å². The third kappa shape index (κ3) is 2.04. The predicted octanol–water partition coefficient (Wildman–Crippen LogP) is 4.06. The maximum absolute atomic E-state index is 6.04. The summed E-state index contributed by atoms with van der Waals surface area (Å²) >= 11 is 0. The van der Waals surface area contributed by atoms with E-state index in [2.05, 4.69) is 10.6 Å². The summed E-state index contributed by atoms with van der Waals surface area (Å²) in [5, 5.41) is 0. The molecule has 0 unspecified atom stereocenters. The summed E-state index contributed by atoms with van der Waals surface area (Å²) in [7, 11) is 1.61. The van der Waals surface area contributed by atoms with Gasteiger partial charge < -0.3 is 18.4 Å². The predicted molar refractivity (Wildman–Crippen MR) is 101 cm³/mol.